The fraction of sp³-hybridized carbons (Fsp3) is 0.174. The van der Waals surface area contributed by atoms with Crippen molar-refractivity contribution in [1.29, 1.82) is 0 Å². The number of carbonyl (C=O) groups is 1. The zero-order valence-electron chi connectivity index (χ0n) is 17.1. The minimum absolute atomic E-state index is 0.165. The van der Waals surface area contributed by atoms with Gasteiger partial charge in [0, 0.05) is 36.3 Å². The summed E-state index contributed by atoms with van der Waals surface area (Å²) in [5, 5.41) is 14.3. The number of benzene rings is 2. The number of rotatable bonds is 5. The Morgan fingerprint density at radius 1 is 1.16 bits per heavy atom. The van der Waals surface area contributed by atoms with E-state index in [0.29, 0.717) is 16.8 Å². The number of aliphatic hydroxyl groups is 1. The molecule has 1 amide bonds. The maximum absolute atomic E-state index is 13.3. The number of halogens is 1. The second kappa shape index (κ2) is 8.16. The molecule has 4 rings (SSSR count). The summed E-state index contributed by atoms with van der Waals surface area (Å²) in [5.74, 6) is -0.655. The number of aryl methyl sites for hydroxylation is 1. The van der Waals surface area contributed by atoms with Gasteiger partial charge in [0.1, 0.15) is 17.9 Å². The van der Waals surface area contributed by atoms with Gasteiger partial charge in [0.15, 0.2) is 0 Å². The first-order chi connectivity index (χ1) is 14.9. The van der Waals surface area contributed by atoms with Gasteiger partial charge in [-0.05, 0) is 48.9 Å². The molecule has 158 valence electrons. The van der Waals surface area contributed by atoms with Crippen LogP contribution in [0.5, 0.6) is 0 Å². The number of hydrogen-bond donors (Lipinski definition) is 1. The van der Waals surface area contributed by atoms with Crippen molar-refractivity contribution >= 4 is 17.1 Å². The fourth-order valence-electron chi connectivity index (χ4n) is 3.50. The first-order valence-corrected chi connectivity index (χ1v) is 9.69. The number of hydrogen-bond acceptors (Lipinski definition) is 4. The molecular formula is C23H21FN4O3. The Morgan fingerprint density at radius 3 is 2.58 bits per heavy atom. The third-order valence-electron chi connectivity index (χ3n) is 5.20. The number of nitrogens with zero attached hydrogens (tertiary/aromatic N) is 4. The molecule has 2 heterocycles. The van der Waals surface area contributed by atoms with Gasteiger partial charge in [0.25, 0.3) is 5.56 Å². The number of aromatic nitrogens is 3. The van der Waals surface area contributed by atoms with E-state index in [-0.39, 0.29) is 18.0 Å². The third kappa shape index (κ3) is 3.85. The van der Waals surface area contributed by atoms with E-state index in [1.807, 2.05) is 31.2 Å². The quantitative estimate of drug-likeness (QED) is 0.539. The molecule has 8 heteroatoms. The van der Waals surface area contributed by atoms with E-state index in [0.717, 1.165) is 11.3 Å². The average molecular weight is 420 g/mol. The smallest absolute Gasteiger partial charge is 0.277 e. The monoisotopic (exact) mass is 420 g/mol. The molecule has 2 aromatic heterocycles. The van der Waals surface area contributed by atoms with Crippen LogP contribution in [0, 0.1) is 12.7 Å². The standard InChI is InChI=1S/C23H21FN4O3/c1-15-4-3-5-18(12-15)26(2)20(30)13-27-10-11-28-22(23(27)31)19(14-29)21(25-28)16-6-8-17(24)9-7-16/h3-12,29H,13-14H2,1-2H3. The van der Waals surface area contributed by atoms with Gasteiger partial charge >= 0.3 is 0 Å². The van der Waals surface area contributed by atoms with E-state index in [2.05, 4.69) is 5.10 Å². The second-order valence-electron chi connectivity index (χ2n) is 7.31. The van der Waals surface area contributed by atoms with E-state index < -0.39 is 18.0 Å². The molecule has 4 aromatic rings. The van der Waals surface area contributed by atoms with Gasteiger partial charge in [0.05, 0.1) is 12.3 Å². The van der Waals surface area contributed by atoms with Gasteiger partial charge < -0.3 is 14.6 Å². The Bertz CT molecular complexity index is 1330. The van der Waals surface area contributed by atoms with Crippen molar-refractivity contribution in [3.05, 3.63) is 88.2 Å². The van der Waals surface area contributed by atoms with Gasteiger partial charge in [-0.3, -0.25) is 9.59 Å². The third-order valence-corrected chi connectivity index (χ3v) is 5.20. The number of aliphatic hydroxyl groups excluding tert-OH is 1. The number of anilines is 1. The number of likely N-dealkylation sites (N-methyl/N-ethyl adjacent to an activating group) is 1. The molecule has 0 fully saturated rings. The van der Waals surface area contributed by atoms with Gasteiger partial charge in [-0.25, -0.2) is 8.91 Å². The van der Waals surface area contributed by atoms with Crippen molar-refractivity contribution in [1.82, 2.24) is 14.2 Å². The lowest BCUT2D eigenvalue weighted by Gasteiger charge is -2.18. The first-order valence-electron chi connectivity index (χ1n) is 9.69. The summed E-state index contributed by atoms with van der Waals surface area (Å²) in [6, 6.07) is 13.2. The molecule has 0 saturated carbocycles. The molecule has 0 spiro atoms. The van der Waals surface area contributed by atoms with Crippen LogP contribution in [0.4, 0.5) is 10.1 Å². The Hall–Kier alpha value is -3.78. The Balaban J connectivity index is 1.71. The molecule has 1 N–H and O–H groups in total. The summed E-state index contributed by atoms with van der Waals surface area (Å²) >= 11 is 0. The van der Waals surface area contributed by atoms with Crippen molar-refractivity contribution in [3.8, 4) is 11.3 Å². The summed E-state index contributed by atoms with van der Waals surface area (Å²) < 4.78 is 15.9. The minimum Gasteiger partial charge on any atom is -0.392 e. The van der Waals surface area contributed by atoms with Crippen LogP contribution in [-0.2, 0) is 17.9 Å². The molecule has 0 aliphatic rings. The highest BCUT2D eigenvalue weighted by Gasteiger charge is 2.19. The zero-order chi connectivity index (χ0) is 22.1. The van der Waals surface area contributed by atoms with Crippen LogP contribution in [-0.4, -0.2) is 32.2 Å². The molecule has 0 aliphatic heterocycles. The normalized spacial score (nSPS) is 11.1. The maximum Gasteiger partial charge on any atom is 0.277 e. The van der Waals surface area contributed by atoms with Crippen LogP contribution >= 0.6 is 0 Å². The van der Waals surface area contributed by atoms with Crippen LogP contribution in [0.2, 0.25) is 0 Å². The van der Waals surface area contributed by atoms with E-state index in [9.17, 15) is 19.1 Å². The Kier molecular flexibility index (Phi) is 5.39. The van der Waals surface area contributed by atoms with Crippen molar-refractivity contribution < 1.29 is 14.3 Å². The van der Waals surface area contributed by atoms with Crippen molar-refractivity contribution in [3.63, 3.8) is 0 Å². The van der Waals surface area contributed by atoms with E-state index in [4.69, 9.17) is 0 Å². The van der Waals surface area contributed by atoms with Crippen molar-refractivity contribution in [2.45, 2.75) is 20.1 Å². The lowest BCUT2D eigenvalue weighted by Crippen LogP contribution is -2.34. The molecule has 2 aromatic carbocycles. The molecule has 0 aliphatic carbocycles. The Morgan fingerprint density at radius 2 is 1.90 bits per heavy atom. The van der Waals surface area contributed by atoms with Gasteiger partial charge in [0.2, 0.25) is 5.91 Å². The van der Waals surface area contributed by atoms with Gasteiger partial charge in [-0.1, -0.05) is 12.1 Å². The molecule has 7 nitrogen and oxygen atoms in total. The molecule has 0 bridgehead atoms. The molecule has 0 radical (unpaired) electrons. The van der Waals surface area contributed by atoms with Crippen LogP contribution < -0.4 is 10.5 Å². The van der Waals surface area contributed by atoms with E-state index in [1.54, 1.807) is 13.2 Å². The fourth-order valence-corrected chi connectivity index (χ4v) is 3.50. The molecule has 0 atom stereocenters. The molecule has 0 unspecified atom stereocenters. The predicted molar refractivity (Wildman–Crippen MR) is 115 cm³/mol. The van der Waals surface area contributed by atoms with Crippen LogP contribution in [0.25, 0.3) is 16.8 Å². The van der Waals surface area contributed by atoms with Crippen LogP contribution in [0.1, 0.15) is 11.1 Å². The topological polar surface area (TPSA) is 79.8 Å². The number of amides is 1. The highest BCUT2D eigenvalue weighted by atomic mass is 19.1. The second-order valence-corrected chi connectivity index (χ2v) is 7.31. The van der Waals surface area contributed by atoms with E-state index in [1.165, 1.54) is 44.4 Å². The summed E-state index contributed by atoms with van der Waals surface area (Å²) in [4.78, 5) is 27.4. The lowest BCUT2D eigenvalue weighted by atomic mass is 10.1. The predicted octanol–water partition coefficient (Wildman–Crippen LogP) is 2.77. The SMILES string of the molecule is Cc1cccc(N(C)C(=O)Cn2ccn3nc(-c4ccc(F)cc4)c(CO)c3c2=O)c1. The summed E-state index contributed by atoms with van der Waals surface area (Å²) in [5.41, 5.74) is 2.78. The largest absolute Gasteiger partial charge is 0.392 e. The highest BCUT2D eigenvalue weighted by Crippen LogP contribution is 2.25. The maximum atomic E-state index is 13.3. The lowest BCUT2D eigenvalue weighted by molar-refractivity contribution is -0.118. The number of fused-ring (bicyclic) bond motifs is 1. The Labute approximate surface area is 177 Å². The van der Waals surface area contributed by atoms with Gasteiger partial charge in [-0.2, -0.15) is 5.10 Å². The zero-order valence-corrected chi connectivity index (χ0v) is 17.1. The molecule has 0 saturated heterocycles. The molecule has 31 heavy (non-hydrogen) atoms. The van der Waals surface area contributed by atoms with E-state index >= 15 is 0 Å². The summed E-state index contributed by atoms with van der Waals surface area (Å²) in [6.07, 6.45) is 3.04. The average Bonchev–Trinajstić information content (AvgIpc) is 3.15. The van der Waals surface area contributed by atoms with Crippen LogP contribution in [0.15, 0.2) is 65.7 Å². The molecular weight excluding hydrogens is 399 g/mol. The minimum atomic E-state index is -0.446. The van der Waals surface area contributed by atoms with Gasteiger partial charge in [-0.15, -0.1) is 0 Å². The van der Waals surface area contributed by atoms with Crippen molar-refractivity contribution in [2.24, 2.45) is 0 Å². The van der Waals surface area contributed by atoms with Crippen LogP contribution in [0.3, 0.4) is 0 Å². The summed E-state index contributed by atoms with van der Waals surface area (Å²) in [7, 11) is 1.66. The number of carbonyl (C=O) groups excluding carboxylic acids is 1. The van der Waals surface area contributed by atoms with Crippen molar-refractivity contribution in [2.75, 3.05) is 11.9 Å². The highest BCUT2D eigenvalue weighted by molar-refractivity contribution is 5.92. The summed E-state index contributed by atoms with van der Waals surface area (Å²) in [6.45, 7) is 1.35. The first kappa shape index (κ1) is 20.5.